The number of carboxylic acids is 1. The number of anilines is 1. The van der Waals surface area contributed by atoms with E-state index < -0.39 is 22.0 Å². The zero-order valence-corrected chi connectivity index (χ0v) is 14.0. The first-order valence-corrected chi connectivity index (χ1v) is 8.52. The Morgan fingerprint density at radius 3 is 2.40 bits per heavy atom. The third-order valence-electron chi connectivity index (χ3n) is 3.14. The number of nitrogens with one attached hydrogen (secondary N) is 1. The van der Waals surface area contributed by atoms with Gasteiger partial charge in [-0.3, -0.25) is 4.72 Å². The molecule has 0 atom stereocenters. The Hall–Kier alpha value is -3.13. The standard InChI is InChI=1S/C17H15NO6S/c1-24-17(21)13-6-8-15(9-7-13)25(22,23)18-14-4-2-3-12(11-14)5-10-16(19)20/h2-11,18H,1H3,(H,19,20). The highest BCUT2D eigenvalue weighted by Crippen LogP contribution is 2.18. The number of rotatable bonds is 6. The molecule has 0 aliphatic rings. The summed E-state index contributed by atoms with van der Waals surface area (Å²) in [6.07, 6.45) is 2.31. The van der Waals surface area contributed by atoms with E-state index in [1.807, 2.05) is 0 Å². The normalized spacial score (nSPS) is 11.2. The zero-order chi connectivity index (χ0) is 18.4. The average molecular weight is 361 g/mol. The molecule has 0 heterocycles. The molecule has 130 valence electrons. The van der Waals surface area contributed by atoms with Gasteiger partial charge in [-0.15, -0.1) is 0 Å². The number of ether oxygens (including phenoxy) is 1. The summed E-state index contributed by atoms with van der Waals surface area (Å²) < 4.78 is 31.7. The fraction of sp³-hybridized carbons (Fsp3) is 0.0588. The third-order valence-corrected chi connectivity index (χ3v) is 4.54. The van der Waals surface area contributed by atoms with Crippen molar-refractivity contribution in [3.05, 3.63) is 65.7 Å². The second kappa shape index (κ2) is 7.63. The lowest BCUT2D eigenvalue weighted by molar-refractivity contribution is -0.131. The third kappa shape index (κ3) is 4.92. The number of benzene rings is 2. The van der Waals surface area contributed by atoms with Gasteiger partial charge in [0.25, 0.3) is 10.0 Å². The molecule has 8 heteroatoms. The largest absolute Gasteiger partial charge is 0.478 e. The van der Waals surface area contributed by atoms with E-state index in [2.05, 4.69) is 9.46 Å². The number of hydrogen-bond acceptors (Lipinski definition) is 5. The molecule has 0 spiro atoms. The van der Waals surface area contributed by atoms with Gasteiger partial charge in [0.05, 0.1) is 17.6 Å². The van der Waals surface area contributed by atoms with Gasteiger partial charge in [-0.2, -0.15) is 0 Å². The highest BCUT2D eigenvalue weighted by atomic mass is 32.2. The minimum atomic E-state index is -3.85. The van der Waals surface area contributed by atoms with Crippen molar-refractivity contribution in [2.45, 2.75) is 4.90 Å². The summed E-state index contributed by atoms with van der Waals surface area (Å²) in [5.74, 6) is -1.66. The quantitative estimate of drug-likeness (QED) is 0.604. The second-order valence-corrected chi connectivity index (χ2v) is 6.60. The number of hydrogen-bond donors (Lipinski definition) is 2. The Balaban J connectivity index is 2.22. The van der Waals surface area contributed by atoms with Crippen LogP contribution in [0.5, 0.6) is 0 Å². The van der Waals surface area contributed by atoms with Crippen LogP contribution in [0.15, 0.2) is 59.5 Å². The average Bonchev–Trinajstić information content (AvgIpc) is 2.59. The molecule has 2 N–H and O–H groups in total. The molecule has 0 aromatic heterocycles. The van der Waals surface area contributed by atoms with Crippen molar-refractivity contribution in [1.29, 1.82) is 0 Å². The summed E-state index contributed by atoms with van der Waals surface area (Å²) in [5.41, 5.74) is 1.05. The Morgan fingerprint density at radius 1 is 1.12 bits per heavy atom. The summed E-state index contributed by atoms with van der Waals surface area (Å²) in [6.45, 7) is 0. The Labute approximate surface area is 144 Å². The minimum Gasteiger partial charge on any atom is -0.478 e. The fourth-order valence-electron chi connectivity index (χ4n) is 1.98. The van der Waals surface area contributed by atoms with Crippen LogP contribution in [0.3, 0.4) is 0 Å². The molecule has 25 heavy (non-hydrogen) atoms. The van der Waals surface area contributed by atoms with E-state index in [9.17, 15) is 18.0 Å². The lowest BCUT2D eigenvalue weighted by Gasteiger charge is -2.09. The number of carbonyl (C=O) groups is 2. The van der Waals surface area contributed by atoms with Crippen molar-refractivity contribution in [3.63, 3.8) is 0 Å². The van der Waals surface area contributed by atoms with Crippen LogP contribution in [0.2, 0.25) is 0 Å². The van der Waals surface area contributed by atoms with Gasteiger partial charge in [0.1, 0.15) is 0 Å². The predicted octanol–water partition coefficient (Wildman–Crippen LogP) is 2.37. The number of sulfonamides is 1. The number of carbonyl (C=O) groups excluding carboxylic acids is 1. The van der Waals surface area contributed by atoms with Crippen molar-refractivity contribution in [3.8, 4) is 0 Å². The molecule has 2 rings (SSSR count). The highest BCUT2D eigenvalue weighted by Gasteiger charge is 2.15. The molecule has 0 aliphatic heterocycles. The molecule has 0 saturated heterocycles. The fourth-order valence-corrected chi connectivity index (χ4v) is 3.02. The van der Waals surface area contributed by atoms with Gasteiger partial charge in [0, 0.05) is 11.8 Å². The van der Waals surface area contributed by atoms with Crippen LogP contribution in [-0.2, 0) is 19.6 Å². The molecule has 0 unspecified atom stereocenters. The van der Waals surface area contributed by atoms with Gasteiger partial charge in [-0.05, 0) is 48.0 Å². The maximum absolute atomic E-state index is 12.4. The van der Waals surface area contributed by atoms with Gasteiger partial charge in [0.2, 0.25) is 0 Å². The SMILES string of the molecule is COC(=O)c1ccc(S(=O)(=O)Nc2cccc(C=CC(=O)O)c2)cc1. The van der Waals surface area contributed by atoms with Crippen LogP contribution in [0, 0.1) is 0 Å². The smallest absolute Gasteiger partial charge is 0.337 e. The summed E-state index contributed by atoms with van der Waals surface area (Å²) in [6, 6.07) is 11.6. The van der Waals surface area contributed by atoms with E-state index >= 15 is 0 Å². The lowest BCUT2D eigenvalue weighted by atomic mass is 10.2. The van der Waals surface area contributed by atoms with Crippen molar-refractivity contribution < 1.29 is 27.9 Å². The summed E-state index contributed by atoms with van der Waals surface area (Å²) in [7, 11) is -2.62. The molecule has 0 saturated carbocycles. The monoisotopic (exact) mass is 361 g/mol. The van der Waals surface area contributed by atoms with Crippen molar-refractivity contribution >= 4 is 33.7 Å². The summed E-state index contributed by atoms with van der Waals surface area (Å²) >= 11 is 0. The maximum atomic E-state index is 12.4. The van der Waals surface area contributed by atoms with E-state index in [0.29, 0.717) is 5.56 Å². The van der Waals surface area contributed by atoms with E-state index in [0.717, 1.165) is 6.08 Å². The highest BCUT2D eigenvalue weighted by molar-refractivity contribution is 7.92. The van der Waals surface area contributed by atoms with Crippen LogP contribution >= 0.6 is 0 Å². The molecular formula is C17H15NO6S. The van der Waals surface area contributed by atoms with E-state index in [1.54, 1.807) is 18.2 Å². The molecule has 0 amide bonds. The molecule has 0 aliphatic carbocycles. The van der Waals surface area contributed by atoms with Crippen LogP contribution in [0.4, 0.5) is 5.69 Å². The van der Waals surface area contributed by atoms with Gasteiger partial charge in [-0.25, -0.2) is 18.0 Å². The lowest BCUT2D eigenvalue weighted by Crippen LogP contribution is -2.13. The first-order valence-electron chi connectivity index (χ1n) is 7.04. The van der Waals surface area contributed by atoms with E-state index in [-0.39, 0.29) is 16.1 Å². The predicted molar refractivity (Wildman–Crippen MR) is 91.7 cm³/mol. The van der Waals surface area contributed by atoms with Crippen molar-refractivity contribution in [2.24, 2.45) is 0 Å². The molecule has 2 aromatic rings. The molecule has 0 bridgehead atoms. The zero-order valence-electron chi connectivity index (χ0n) is 13.2. The first-order chi connectivity index (χ1) is 11.8. The molecule has 7 nitrogen and oxygen atoms in total. The topological polar surface area (TPSA) is 110 Å². The van der Waals surface area contributed by atoms with Crippen LogP contribution in [-0.4, -0.2) is 32.6 Å². The summed E-state index contributed by atoms with van der Waals surface area (Å²) in [4.78, 5) is 21.9. The molecule has 0 fully saturated rings. The number of carboxylic acid groups (broad SMARTS) is 1. The van der Waals surface area contributed by atoms with E-state index in [4.69, 9.17) is 5.11 Å². The van der Waals surface area contributed by atoms with Crippen molar-refractivity contribution in [2.75, 3.05) is 11.8 Å². The Bertz CT molecular complexity index is 916. The maximum Gasteiger partial charge on any atom is 0.337 e. The number of esters is 1. The van der Waals surface area contributed by atoms with Gasteiger partial charge in [-0.1, -0.05) is 12.1 Å². The number of methoxy groups -OCH3 is 1. The molecule has 2 aromatic carbocycles. The van der Waals surface area contributed by atoms with Crippen LogP contribution in [0.25, 0.3) is 6.08 Å². The van der Waals surface area contributed by atoms with Gasteiger partial charge < -0.3 is 9.84 Å². The van der Waals surface area contributed by atoms with Crippen LogP contribution < -0.4 is 4.72 Å². The number of aliphatic carboxylic acids is 1. The van der Waals surface area contributed by atoms with Gasteiger partial charge in [0.15, 0.2) is 0 Å². The van der Waals surface area contributed by atoms with Crippen LogP contribution in [0.1, 0.15) is 15.9 Å². The molecule has 0 radical (unpaired) electrons. The second-order valence-electron chi connectivity index (χ2n) is 4.92. The Kier molecular flexibility index (Phi) is 5.56. The first kappa shape index (κ1) is 18.2. The summed E-state index contributed by atoms with van der Waals surface area (Å²) in [5, 5.41) is 8.63. The van der Waals surface area contributed by atoms with Crippen molar-refractivity contribution in [1.82, 2.24) is 0 Å². The van der Waals surface area contributed by atoms with E-state index in [1.165, 1.54) is 43.5 Å². The molecular weight excluding hydrogens is 346 g/mol. The van der Waals surface area contributed by atoms with Gasteiger partial charge >= 0.3 is 11.9 Å². The minimum absolute atomic E-state index is 0.0216. The Morgan fingerprint density at radius 2 is 1.80 bits per heavy atom.